The van der Waals surface area contributed by atoms with E-state index >= 15 is 0 Å². The summed E-state index contributed by atoms with van der Waals surface area (Å²) in [6.07, 6.45) is -6.10. The fraction of sp³-hybridized carbons (Fsp3) is 0.571. The molecule has 11 heteroatoms. The van der Waals surface area contributed by atoms with Crippen LogP contribution in [0.15, 0.2) is 29.2 Å². The second-order valence-electron chi connectivity index (χ2n) is 7.56. The van der Waals surface area contributed by atoms with E-state index in [2.05, 4.69) is 5.32 Å². The van der Waals surface area contributed by atoms with Crippen LogP contribution in [0.2, 0.25) is 0 Å². The highest BCUT2D eigenvalue weighted by Gasteiger charge is 2.57. The lowest BCUT2D eigenvalue weighted by molar-refractivity contribution is -0.212. The molecule has 1 aliphatic rings. The summed E-state index contributed by atoms with van der Waals surface area (Å²) in [4.78, 5) is 35.4. The van der Waals surface area contributed by atoms with E-state index in [1.165, 1.54) is 13.8 Å². The van der Waals surface area contributed by atoms with Gasteiger partial charge in [0.2, 0.25) is 10.8 Å². The molecule has 0 saturated carbocycles. The lowest BCUT2D eigenvalue weighted by atomic mass is 9.89. The molecule has 0 aromatic heterocycles. The van der Waals surface area contributed by atoms with Crippen LogP contribution in [0.5, 0.6) is 0 Å². The van der Waals surface area contributed by atoms with Crippen LogP contribution in [0.25, 0.3) is 0 Å². The van der Waals surface area contributed by atoms with Gasteiger partial charge in [0.05, 0.1) is 19.8 Å². The Balaban J connectivity index is 2.56. The highest BCUT2D eigenvalue weighted by molar-refractivity contribution is 8.01. The van der Waals surface area contributed by atoms with Crippen molar-refractivity contribution in [2.75, 3.05) is 13.7 Å². The lowest BCUT2D eigenvalue weighted by Crippen LogP contribution is -2.67. The molecule has 1 aromatic rings. The van der Waals surface area contributed by atoms with Gasteiger partial charge in [0.15, 0.2) is 0 Å². The molecule has 0 bridgehead atoms. The third kappa shape index (κ3) is 6.20. The Bertz CT molecular complexity index is 818. The Hall–Kier alpha value is -2.18. The predicted octanol–water partition coefficient (Wildman–Crippen LogP) is -0.104. The predicted molar refractivity (Wildman–Crippen MR) is 114 cm³/mol. The monoisotopic (exact) mass is 471 g/mol. The molecule has 4 N–H and O–H groups in total. The summed E-state index contributed by atoms with van der Waals surface area (Å²) in [6.45, 7) is 3.49. The zero-order valence-corrected chi connectivity index (χ0v) is 19.1. The lowest BCUT2D eigenvalue weighted by Gasteiger charge is -2.47. The molecule has 0 aliphatic carbocycles. The van der Waals surface area contributed by atoms with Crippen molar-refractivity contribution in [3.05, 3.63) is 29.8 Å². The molecule has 1 saturated heterocycles. The molecule has 1 amide bonds. The molecule has 1 heterocycles. The minimum absolute atomic E-state index is 0.207. The van der Waals surface area contributed by atoms with Gasteiger partial charge in [-0.25, -0.2) is 4.79 Å². The van der Waals surface area contributed by atoms with E-state index in [4.69, 9.17) is 14.2 Å². The quantitative estimate of drug-likeness (QED) is 0.378. The number of esters is 2. The average molecular weight is 472 g/mol. The number of thioether (sulfide) groups is 1. The number of aryl methyl sites for hydroxylation is 1. The van der Waals surface area contributed by atoms with Crippen molar-refractivity contribution in [3.8, 4) is 0 Å². The first kappa shape index (κ1) is 26.1. The Labute approximate surface area is 190 Å². The first-order valence-electron chi connectivity index (χ1n) is 9.96. The normalized spacial score (nSPS) is 27.2. The average Bonchev–Trinajstić information content (AvgIpc) is 2.74. The van der Waals surface area contributed by atoms with E-state index in [1.807, 2.05) is 19.1 Å². The standard InChI is InChI=1S/C21H29NO9S/c1-11-5-7-14(8-6-11)32-21(20(28)29-4)9-16(30-13(3)25)17(22-12(2)24)19(31-21)18(27)15(26)10-23/h5-8,15-19,23,26-27H,9-10H2,1-4H3,(H,22,24)/t15-,16+,17-,18-,19-,21-/m1/s1. The molecule has 1 aliphatic heterocycles. The number of aliphatic hydroxyl groups is 3. The van der Waals surface area contributed by atoms with Crippen LogP contribution < -0.4 is 5.32 Å². The zero-order valence-electron chi connectivity index (χ0n) is 18.3. The van der Waals surface area contributed by atoms with Crippen LogP contribution in [0.4, 0.5) is 0 Å². The molecule has 178 valence electrons. The Morgan fingerprint density at radius 2 is 1.88 bits per heavy atom. The van der Waals surface area contributed by atoms with E-state index in [0.29, 0.717) is 4.90 Å². The topological polar surface area (TPSA) is 152 Å². The van der Waals surface area contributed by atoms with E-state index in [0.717, 1.165) is 24.4 Å². The van der Waals surface area contributed by atoms with Gasteiger partial charge in [-0.05, 0) is 19.1 Å². The Kier molecular flexibility index (Phi) is 9.05. The highest BCUT2D eigenvalue weighted by atomic mass is 32.2. The summed E-state index contributed by atoms with van der Waals surface area (Å²) in [5.74, 6) is -2.00. The second-order valence-corrected chi connectivity index (χ2v) is 8.90. The van der Waals surface area contributed by atoms with E-state index in [-0.39, 0.29) is 6.42 Å². The number of benzene rings is 1. The smallest absolute Gasteiger partial charge is 0.349 e. The van der Waals surface area contributed by atoms with Crippen LogP contribution in [0.1, 0.15) is 25.8 Å². The molecule has 2 rings (SSSR count). The van der Waals surface area contributed by atoms with Crippen molar-refractivity contribution in [1.29, 1.82) is 0 Å². The first-order chi connectivity index (χ1) is 15.0. The summed E-state index contributed by atoms with van der Waals surface area (Å²) in [6, 6.07) is 6.10. The third-order valence-corrected chi connectivity index (χ3v) is 6.22. The van der Waals surface area contributed by atoms with E-state index in [9.17, 15) is 29.7 Å². The number of hydrogen-bond donors (Lipinski definition) is 4. The molecule has 32 heavy (non-hydrogen) atoms. The van der Waals surface area contributed by atoms with Gasteiger partial charge in [0, 0.05) is 25.2 Å². The summed E-state index contributed by atoms with van der Waals surface area (Å²) in [5, 5.41) is 32.6. The summed E-state index contributed by atoms with van der Waals surface area (Å²) in [7, 11) is 1.16. The van der Waals surface area contributed by atoms with Gasteiger partial charge in [0.25, 0.3) is 0 Å². The molecular weight excluding hydrogens is 442 g/mol. The minimum atomic E-state index is -1.78. The number of carbonyl (C=O) groups is 3. The Morgan fingerprint density at radius 1 is 1.25 bits per heavy atom. The summed E-state index contributed by atoms with van der Waals surface area (Å²) in [5.41, 5.74) is 0.994. The maximum Gasteiger partial charge on any atom is 0.349 e. The van der Waals surface area contributed by atoms with Gasteiger partial charge in [-0.2, -0.15) is 0 Å². The van der Waals surface area contributed by atoms with Crippen molar-refractivity contribution in [3.63, 3.8) is 0 Å². The van der Waals surface area contributed by atoms with Crippen molar-refractivity contribution < 1.29 is 43.9 Å². The SMILES string of the molecule is COC(=O)[C@]1(Sc2ccc(C)cc2)C[C@H](OC(C)=O)[C@@H](NC(C)=O)[C@H]([C@H](O)[C@H](O)CO)O1. The first-order valence-corrected chi connectivity index (χ1v) is 10.8. The summed E-state index contributed by atoms with van der Waals surface area (Å²) < 4.78 is 16.4. The highest BCUT2D eigenvalue weighted by Crippen LogP contribution is 2.45. The van der Waals surface area contributed by atoms with Gasteiger partial charge in [-0.3, -0.25) is 9.59 Å². The fourth-order valence-corrected chi connectivity index (χ4v) is 4.71. The number of hydrogen-bond acceptors (Lipinski definition) is 10. The van der Waals surface area contributed by atoms with Crippen LogP contribution in [0, 0.1) is 6.92 Å². The van der Waals surface area contributed by atoms with E-state index < -0.39 is 59.8 Å². The van der Waals surface area contributed by atoms with Gasteiger partial charge in [-0.15, -0.1) is 0 Å². The number of ether oxygens (including phenoxy) is 3. The molecule has 0 radical (unpaired) electrons. The number of aliphatic hydroxyl groups excluding tert-OH is 3. The maximum absolute atomic E-state index is 12.9. The molecule has 1 fully saturated rings. The molecular formula is C21H29NO9S. The van der Waals surface area contributed by atoms with Crippen molar-refractivity contribution in [2.24, 2.45) is 0 Å². The number of methoxy groups -OCH3 is 1. The van der Waals surface area contributed by atoms with Gasteiger partial charge in [0.1, 0.15) is 24.4 Å². The number of amides is 1. The van der Waals surface area contributed by atoms with Gasteiger partial charge >= 0.3 is 11.9 Å². The van der Waals surface area contributed by atoms with Crippen LogP contribution >= 0.6 is 11.8 Å². The van der Waals surface area contributed by atoms with Crippen molar-refractivity contribution in [1.82, 2.24) is 5.32 Å². The molecule has 1 aromatic carbocycles. The Morgan fingerprint density at radius 3 is 2.38 bits per heavy atom. The number of carbonyl (C=O) groups excluding carboxylic acids is 3. The number of rotatable bonds is 8. The molecule has 0 spiro atoms. The fourth-order valence-electron chi connectivity index (χ4n) is 3.48. The molecule has 10 nitrogen and oxygen atoms in total. The van der Waals surface area contributed by atoms with Crippen molar-refractivity contribution in [2.45, 2.75) is 67.5 Å². The maximum atomic E-state index is 12.9. The van der Waals surface area contributed by atoms with Crippen molar-refractivity contribution >= 4 is 29.6 Å². The largest absolute Gasteiger partial charge is 0.466 e. The van der Waals surface area contributed by atoms with Crippen LogP contribution in [-0.2, 0) is 28.6 Å². The third-order valence-electron chi connectivity index (χ3n) is 4.96. The summed E-state index contributed by atoms with van der Waals surface area (Å²) >= 11 is 0.990. The minimum Gasteiger partial charge on any atom is -0.466 e. The molecule has 6 atom stereocenters. The molecule has 0 unspecified atom stereocenters. The second kappa shape index (κ2) is 11.1. The van der Waals surface area contributed by atoms with E-state index in [1.54, 1.807) is 12.1 Å². The van der Waals surface area contributed by atoms with Gasteiger partial charge < -0.3 is 34.8 Å². The van der Waals surface area contributed by atoms with Crippen LogP contribution in [-0.4, -0.2) is 82.3 Å². The number of nitrogens with one attached hydrogen (secondary N) is 1. The van der Waals surface area contributed by atoms with Crippen LogP contribution in [0.3, 0.4) is 0 Å². The zero-order chi connectivity index (χ0) is 24.1. The van der Waals surface area contributed by atoms with Gasteiger partial charge in [-0.1, -0.05) is 29.5 Å².